The highest BCUT2D eigenvalue weighted by Crippen LogP contribution is 2.26. The topological polar surface area (TPSA) is 59.5 Å². The SMILES string of the molecule is CC.CC.COC(=O)[C@@H]1CC(=O)N1c1ccccn1. The van der Waals surface area contributed by atoms with Crippen molar-refractivity contribution in [1.29, 1.82) is 0 Å². The van der Waals surface area contributed by atoms with Crippen LogP contribution in [0.5, 0.6) is 0 Å². The first-order valence-electron chi connectivity index (χ1n) is 6.55. The van der Waals surface area contributed by atoms with E-state index < -0.39 is 12.0 Å². The van der Waals surface area contributed by atoms with Gasteiger partial charge in [-0.25, -0.2) is 9.78 Å². The highest BCUT2D eigenvalue weighted by atomic mass is 16.5. The van der Waals surface area contributed by atoms with Crippen LogP contribution in [0.1, 0.15) is 34.1 Å². The Balaban J connectivity index is 0.000000741. The number of carbonyl (C=O) groups excluding carboxylic acids is 2. The van der Waals surface area contributed by atoms with E-state index in [1.165, 1.54) is 12.0 Å². The molecule has 2 rings (SSSR count). The lowest BCUT2D eigenvalue weighted by Crippen LogP contribution is -2.57. The Morgan fingerprint density at radius 3 is 2.37 bits per heavy atom. The smallest absolute Gasteiger partial charge is 0.329 e. The second-order valence-corrected chi connectivity index (χ2v) is 3.19. The molecule has 1 fully saturated rings. The van der Waals surface area contributed by atoms with Crippen molar-refractivity contribution in [2.45, 2.75) is 40.2 Å². The fraction of sp³-hybridized carbons (Fsp3) is 0.500. The van der Waals surface area contributed by atoms with Crippen LogP contribution in [0.25, 0.3) is 0 Å². The molecule has 1 amide bonds. The van der Waals surface area contributed by atoms with Gasteiger partial charge in [-0.15, -0.1) is 0 Å². The monoisotopic (exact) mass is 266 g/mol. The minimum Gasteiger partial charge on any atom is -0.467 e. The molecule has 0 N–H and O–H groups in total. The summed E-state index contributed by atoms with van der Waals surface area (Å²) in [5.74, 6) is -0.0199. The number of esters is 1. The van der Waals surface area contributed by atoms with Crippen LogP contribution in [0.3, 0.4) is 0 Å². The van der Waals surface area contributed by atoms with E-state index in [0.29, 0.717) is 5.82 Å². The number of hydrogen-bond donors (Lipinski definition) is 0. The molecule has 0 spiro atoms. The molecule has 1 aliphatic heterocycles. The molecule has 0 radical (unpaired) electrons. The van der Waals surface area contributed by atoms with E-state index in [1.54, 1.807) is 24.4 Å². The summed E-state index contributed by atoms with van der Waals surface area (Å²) >= 11 is 0. The van der Waals surface area contributed by atoms with Gasteiger partial charge in [-0.05, 0) is 12.1 Å². The molecule has 1 aliphatic rings. The number of carbonyl (C=O) groups is 2. The highest BCUT2D eigenvalue weighted by molar-refractivity contribution is 6.08. The number of β-lactam (4-membered cyclic amide) rings is 1. The zero-order valence-corrected chi connectivity index (χ0v) is 12.2. The molecule has 106 valence electrons. The number of ether oxygens (including phenoxy) is 1. The third-order valence-electron chi connectivity index (χ3n) is 2.32. The first-order chi connectivity index (χ1) is 9.24. The second kappa shape index (κ2) is 9.08. The Bertz CT molecular complexity index is 393. The van der Waals surface area contributed by atoms with Crippen LogP contribution in [0.2, 0.25) is 0 Å². The Morgan fingerprint density at radius 2 is 1.95 bits per heavy atom. The predicted octanol–water partition coefficient (Wildman–Crippen LogP) is 2.41. The number of nitrogens with zero attached hydrogens (tertiary/aromatic N) is 2. The lowest BCUT2D eigenvalue weighted by atomic mass is 10.0. The van der Waals surface area contributed by atoms with Crippen LogP contribution in [0.4, 0.5) is 5.82 Å². The molecule has 1 aromatic heterocycles. The predicted molar refractivity (Wildman–Crippen MR) is 74.8 cm³/mol. The standard InChI is InChI=1S/C10H10N2O3.2C2H6/c1-15-10(14)7-6-9(13)12(7)8-4-2-3-5-11-8;2*1-2/h2-5,7H,6H2,1H3;2*1-2H3/t7-;;/m0../s1. The summed E-state index contributed by atoms with van der Waals surface area (Å²) in [4.78, 5) is 28.0. The fourth-order valence-corrected chi connectivity index (χ4v) is 1.52. The number of aromatic nitrogens is 1. The average Bonchev–Trinajstić information content (AvgIpc) is 2.49. The maximum atomic E-state index is 11.3. The molecular weight excluding hydrogens is 244 g/mol. The van der Waals surface area contributed by atoms with E-state index in [9.17, 15) is 9.59 Å². The van der Waals surface area contributed by atoms with E-state index in [2.05, 4.69) is 9.72 Å². The minimum absolute atomic E-state index is 0.107. The molecular formula is C14H22N2O3. The summed E-state index contributed by atoms with van der Waals surface area (Å²) in [6.45, 7) is 8.00. The van der Waals surface area contributed by atoms with Crippen molar-refractivity contribution < 1.29 is 14.3 Å². The largest absolute Gasteiger partial charge is 0.467 e. The molecule has 1 aromatic rings. The maximum Gasteiger partial charge on any atom is 0.329 e. The summed E-state index contributed by atoms with van der Waals surface area (Å²) in [6, 6.07) is 4.69. The molecule has 0 saturated carbocycles. The van der Waals surface area contributed by atoms with Crippen LogP contribution in [-0.2, 0) is 14.3 Å². The molecule has 19 heavy (non-hydrogen) atoms. The summed E-state index contributed by atoms with van der Waals surface area (Å²) in [5, 5.41) is 0. The van der Waals surface area contributed by atoms with E-state index in [4.69, 9.17) is 0 Å². The van der Waals surface area contributed by atoms with Gasteiger partial charge in [0.2, 0.25) is 5.91 Å². The Hall–Kier alpha value is -1.91. The first-order valence-corrected chi connectivity index (χ1v) is 6.55. The van der Waals surface area contributed by atoms with Crippen molar-refractivity contribution in [2.24, 2.45) is 0 Å². The van der Waals surface area contributed by atoms with Crippen LogP contribution >= 0.6 is 0 Å². The molecule has 1 saturated heterocycles. The van der Waals surface area contributed by atoms with Crippen molar-refractivity contribution >= 4 is 17.7 Å². The van der Waals surface area contributed by atoms with Gasteiger partial charge < -0.3 is 4.74 Å². The molecule has 5 heteroatoms. The molecule has 1 atom stereocenters. The van der Waals surface area contributed by atoms with Gasteiger partial charge >= 0.3 is 5.97 Å². The Kier molecular flexibility index (Phi) is 8.17. The van der Waals surface area contributed by atoms with Gasteiger partial charge in [-0.2, -0.15) is 0 Å². The zero-order chi connectivity index (χ0) is 14.8. The molecule has 0 aromatic carbocycles. The fourth-order valence-electron chi connectivity index (χ4n) is 1.52. The van der Waals surface area contributed by atoms with Crippen LogP contribution in [-0.4, -0.2) is 30.0 Å². The molecule has 0 unspecified atom stereocenters. The van der Waals surface area contributed by atoms with Gasteiger partial charge in [0, 0.05) is 6.20 Å². The quantitative estimate of drug-likeness (QED) is 0.609. The molecule has 0 bridgehead atoms. The van der Waals surface area contributed by atoms with Crippen molar-refractivity contribution in [1.82, 2.24) is 4.98 Å². The average molecular weight is 266 g/mol. The maximum absolute atomic E-state index is 11.3. The van der Waals surface area contributed by atoms with Crippen molar-refractivity contribution in [3.8, 4) is 0 Å². The van der Waals surface area contributed by atoms with Gasteiger partial charge in [0.15, 0.2) is 0 Å². The van der Waals surface area contributed by atoms with Crippen LogP contribution in [0.15, 0.2) is 24.4 Å². The first kappa shape index (κ1) is 17.1. The normalized spacial score (nSPS) is 16.2. The summed E-state index contributed by atoms with van der Waals surface area (Å²) in [6.07, 6.45) is 1.78. The van der Waals surface area contributed by atoms with Crippen LogP contribution < -0.4 is 4.90 Å². The number of hydrogen-bond acceptors (Lipinski definition) is 4. The number of anilines is 1. The van der Waals surface area contributed by atoms with Gasteiger partial charge in [0.1, 0.15) is 11.9 Å². The van der Waals surface area contributed by atoms with Crippen LogP contribution in [0, 0.1) is 0 Å². The minimum atomic E-state index is -0.516. The highest BCUT2D eigenvalue weighted by Gasteiger charge is 2.43. The van der Waals surface area contributed by atoms with Gasteiger partial charge in [0.05, 0.1) is 13.5 Å². The van der Waals surface area contributed by atoms with Gasteiger partial charge in [-0.1, -0.05) is 33.8 Å². The Morgan fingerprint density at radius 1 is 1.32 bits per heavy atom. The van der Waals surface area contributed by atoms with Gasteiger partial charge in [0.25, 0.3) is 0 Å². The molecule has 2 heterocycles. The lowest BCUT2D eigenvalue weighted by molar-refractivity contribution is -0.148. The van der Waals surface area contributed by atoms with E-state index in [1.807, 2.05) is 27.7 Å². The zero-order valence-electron chi connectivity index (χ0n) is 12.2. The summed E-state index contributed by atoms with van der Waals surface area (Å²) in [5.41, 5.74) is 0. The number of rotatable bonds is 2. The van der Waals surface area contributed by atoms with E-state index >= 15 is 0 Å². The van der Waals surface area contributed by atoms with Gasteiger partial charge in [-0.3, -0.25) is 9.69 Å². The van der Waals surface area contributed by atoms with E-state index in [0.717, 1.165) is 0 Å². The van der Waals surface area contributed by atoms with Crippen molar-refractivity contribution in [2.75, 3.05) is 12.0 Å². The van der Waals surface area contributed by atoms with E-state index in [-0.39, 0.29) is 12.3 Å². The third-order valence-corrected chi connectivity index (χ3v) is 2.32. The summed E-state index contributed by atoms with van der Waals surface area (Å²) in [7, 11) is 1.31. The number of pyridine rings is 1. The number of amides is 1. The second-order valence-electron chi connectivity index (χ2n) is 3.19. The lowest BCUT2D eigenvalue weighted by Gasteiger charge is -2.37. The molecule has 5 nitrogen and oxygen atoms in total. The third kappa shape index (κ3) is 4.05. The van der Waals surface area contributed by atoms with Crippen molar-refractivity contribution in [3.05, 3.63) is 24.4 Å². The Labute approximate surface area is 114 Å². The molecule has 0 aliphatic carbocycles. The number of methoxy groups -OCH3 is 1. The van der Waals surface area contributed by atoms with Crippen molar-refractivity contribution in [3.63, 3.8) is 0 Å². The summed E-state index contributed by atoms with van der Waals surface area (Å²) < 4.78 is 4.59.